The van der Waals surface area contributed by atoms with Crippen molar-refractivity contribution in [3.8, 4) is 11.5 Å². The summed E-state index contributed by atoms with van der Waals surface area (Å²) in [5.41, 5.74) is 2.97. The lowest BCUT2D eigenvalue weighted by molar-refractivity contribution is 0.103. The van der Waals surface area contributed by atoms with Crippen LogP contribution in [0.1, 0.15) is 60.3 Å². The van der Waals surface area contributed by atoms with Gasteiger partial charge in [0.15, 0.2) is 17.3 Å². The van der Waals surface area contributed by atoms with Crippen molar-refractivity contribution in [3.63, 3.8) is 0 Å². The van der Waals surface area contributed by atoms with E-state index in [0.717, 1.165) is 12.0 Å². The van der Waals surface area contributed by atoms with Crippen molar-refractivity contribution in [3.05, 3.63) is 270 Å². The molecule has 14 nitrogen and oxygen atoms in total. The van der Waals surface area contributed by atoms with Crippen LogP contribution >= 0.6 is 58.0 Å². The number of ether oxygens (including phenoxy) is 2. The standard InChI is InChI=1S/C21H17Cl2NO3S.C20H15Cl2NO4S.C20H16ClNO4S/c1-2-14-6-9-18(10-7-14)28(26,27)24-20-11-8-17(23)13-19(20)21(25)15-4-3-5-16(22)12-15;1-27-16-6-8-17(9-7-16)28(25,26)23-19-10-5-15(22)12-18(19)20(24)13-3-2-4-14(21)11-13;1-26-16-8-10-17(11-9-16)27(24,25)22-19-12-7-15(21)13-18(19)20(23)14-5-3-2-4-6-14/h3-13,24H,2H2,1H3;2-12,23H,1H3;2-13,22H,1H3. The van der Waals surface area contributed by atoms with Gasteiger partial charge in [0.05, 0.1) is 46.0 Å². The predicted molar refractivity (Wildman–Crippen MR) is 328 cm³/mol. The van der Waals surface area contributed by atoms with Crippen LogP contribution in [-0.2, 0) is 36.5 Å². The summed E-state index contributed by atoms with van der Waals surface area (Å²) in [5.74, 6) is -0.0466. The minimum atomic E-state index is -3.92. The number of nitrogens with one attached hydrogen (secondary N) is 3. The highest BCUT2D eigenvalue weighted by Gasteiger charge is 2.24. The van der Waals surface area contributed by atoms with Crippen molar-refractivity contribution in [2.45, 2.75) is 28.0 Å². The van der Waals surface area contributed by atoms with Gasteiger partial charge in [0.1, 0.15) is 11.5 Å². The highest BCUT2D eigenvalue weighted by molar-refractivity contribution is 7.93. The van der Waals surface area contributed by atoms with Crippen molar-refractivity contribution in [1.29, 1.82) is 0 Å². The number of benzene rings is 9. The molecule has 0 aromatic heterocycles. The molecule has 83 heavy (non-hydrogen) atoms. The number of sulfonamides is 3. The van der Waals surface area contributed by atoms with E-state index in [9.17, 15) is 39.6 Å². The predicted octanol–water partition coefficient (Wildman–Crippen LogP) is 15.0. The van der Waals surface area contributed by atoms with Crippen molar-refractivity contribution in [1.82, 2.24) is 0 Å². The summed E-state index contributed by atoms with van der Waals surface area (Å²) in [6.45, 7) is 1.99. The van der Waals surface area contributed by atoms with Gasteiger partial charge in [-0.1, -0.05) is 132 Å². The molecule has 0 unspecified atom stereocenters. The fraction of sp³-hybridized carbons (Fsp3) is 0.0656. The molecule has 0 bridgehead atoms. The molecule has 0 amide bonds. The molecule has 0 saturated carbocycles. The highest BCUT2D eigenvalue weighted by Crippen LogP contribution is 2.31. The number of aryl methyl sites for hydroxylation is 1. The van der Waals surface area contributed by atoms with Crippen LogP contribution in [0.5, 0.6) is 11.5 Å². The molecule has 0 saturated heterocycles. The van der Waals surface area contributed by atoms with Crippen molar-refractivity contribution in [2.75, 3.05) is 28.4 Å². The Kier molecular flexibility index (Phi) is 21.2. The average molecular weight is 1270 g/mol. The lowest BCUT2D eigenvalue weighted by atomic mass is 10.0. The summed E-state index contributed by atoms with van der Waals surface area (Å²) in [6.07, 6.45) is 0.809. The second-order valence-electron chi connectivity index (χ2n) is 17.6. The van der Waals surface area contributed by atoms with Gasteiger partial charge in [-0.15, -0.1) is 0 Å². The van der Waals surface area contributed by atoms with E-state index < -0.39 is 35.9 Å². The molecule has 0 aliphatic rings. The molecule has 0 radical (unpaired) electrons. The van der Waals surface area contributed by atoms with Gasteiger partial charge in [-0.05, 0) is 152 Å². The van der Waals surface area contributed by atoms with Gasteiger partial charge >= 0.3 is 0 Å². The highest BCUT2D eigenvalue weighted by atomic mass is 35.5. The smallest absolute Gasteiger partial charge is 0.261 e. The summed E-state index contributed by atoms with van der Waals surface area (Å²) in [4.78, 5) is 38.8. The van der Waals surface area contributed by atoms with Gasteiger partial charge in [0.2, 0.25) is 0 Å². The van der Waals surface area contributed by atoms with Crippen LogP contribution in [0.15, 0.2) is 221 Å². The number of halogens is 5. The minimum absolute atomic E-state index is 0.0319. The average Bonchev–Trinajstić information content (AvgIpc) is 3.68. The van der Waals surface area contributed by atoms with Crippen molar-refractivity contribution < 1.29 is 49.1 Å². The normalized spacial score (nSPS) is 11.1. The monoisotopic (exact) mass is 1270 g/mol. The van der Waals surface area contributed by atoms with E-state index in [1.807, 2.05) is 6.92 Å². The number of ketones is 3. The largest absolute Gasteiger partial charge is 0.497 e. The molecule has 9 aromatic carbocycles. The molecule has 0 aliphatic heterocycles. The van der Waals surface area contributed by atoms with Crippen LogP contribution in [0.25, 0.3) is 0 Å². The lowest BCUT2D eigenvalue weighted by Gasteiger charge is -2.13. The van der Waals surface area contributed by atoms with Crippen LogP contribution < -0.4 is 23.6 Å². The van der Waals surface area contributed by atoms with E-state index in [1.165, 1.54) is 129 Å². The van der Waals surface area contributed by atoms with Gasteiger partial charge in [-0.2, -0.15) is 0 Å². The van der Waals surface area contributed by atoms with E-state index in [4.69, 9.17) is 67.5 Å². The van der Waals surface area contributed by atoms with Gasteiger partial charge in [-0.3, -0.25) is 28.5 Å². The molecule has 0 spiro atoms. The van der Waals surface area contributed by atoms with E-state index in [1.54, 1.807) is 91.0 Å². The Labute approximate surface area is 506 Å². The maximum Gasteiger partial charge on any atom is 0.261 e. The Morgan fingerprint density at radius 1 is 0.361 bits per heavy atom. The molecule has 22 heteroatoms. The molecule has 0 fully saturated rings. The van der Waals surface area contributed by atoms with Gasteiger partial charge < -0.3 is 9.47 Å². The van der Waals surface area contributed by atoms with Crippen LogP contribution in [0.3, 0.4) is 0 Å². The molecule has 3 N–H and O–H groups in total. The zero-order valence-electron chi connectivity index (χ0n) is 43.9. The third-order valence-electron chi connectivity index (χ3n) is 12.0. The van der Waals surface area contributed by atoms with E-state index in [0.29, 0.717) is 53.3 Å². The number of anilines is 3. The fourth-order valence-electron chi connectivity index (χ4n) is 7.72. The molecule has 0 aliphatic carbocycles. The molecule has 426 valence electrons. The Bertz CT molecular complexity index is 4000. The first kappa shape index (κ1) is 62.9. The fourth-order valence-corrected chi connectivity index (χ4v) is 11.9. The maximum absolute atomic E-state index is 12.9. The van der Waals surface area contributed by atoms with Gasteiger partial charge in [0.25, 0.3) is 30.1 Å². The first-order chi connectivity index (χ1) is 39.5. The second kappa shape index (κ2) is 28.0. The quantitative estimate of drug-likeness (QED) is 0.0689. The Morgan fingerprint density at radius 2 is 0.663 bits per heavy atom. The van der Waals surface area contributed by atoms with Crippen molar-refractivity contribution >= 4 is 122 Å². The van der Waals surface area contributed by atoms with Gasteiger partial charge in [-0.25, -0.2) is 25.3 Å². The molecular formula is C61H48Cl5N3O11S3. The topological polar surface area (TPSA) is 208 Å². The second-order valence-corrected chi connectivity index (χ2v) is 24.8. The van der Waals surface area contributed by atoms with Gasteiger partial charge in [0, 0.05) is 58.5 Å². The number of hydrogen-bond donors (Lipinski definition) is 3. The van der Waals surface area contributed by atoms with Crippen LogP contribution in [0.2, 0.25) is 25.1 Å². The summed E-state index contributed by atoms with van der Waals surface area (Å²) in [7, 11) is -8.70. The zero-order valence-corrected chi connectivity index (χ0v) is 50.2. The number of methoxy groups -OCH3 is 2. The summed E-state index contributed by atoms with van der Waals surface area (Å²) < 4.78 is 93.9. The summed E-state index contributed by atoms with van der Waals surface area (Å²) >= 11 is 30.0. The lowest BCUT2D eigenvalue weighted by Crippen LogP contribution is -2.16. The molecule has 9 aromatic rings. The molecule has 9 rings (SSSR count). The molecular weight excluding hydrogens is 1220 g/mol. The first-order valence-electron chi connectivity index (χ1n) is 24.5. The number of rotatable bonds is 18. The minimum Gasteiger partial charge on any atom is -0.497 e. The summed E-state index contributed by atoms with van der Waals surface area (Å²) in [5, 5.41) is 1.76. The van der Waals surface area contributed by atoms with Crippen LogP contribution in [0, 0.1) is 0 Å². The number of hydrogen-bond acceptors (Lipinski definition) is 11. The van der Waals surface area contributed by atoms with E-state index in [-0.39, 0.29) is 60.0 Å². The van der Waals surface area contributed by atoms with Crippen LogP contribution in [0.4, 0.5) is 17.1 Å². The summed E-state index contributed by atoms with van der Waals surface area (Å²) in [6, 6.07) is 53.1. The Morgan fingerprint density at radius 3 is 0.976 bits per heavy atom. The molecule has 0 heterocycles. The maximum atomic E-state index is 12.9. The number of carbonyl (C=O) groups is 3. The SMILES string of the molecule is CCc1ccc(S(=O)(=O)Nc2ccc(Cl)cc2C(=O)c2cccc(Cl)c2)cc1.COc1ccc(S(=O)(=O)Nc2ccc(Cl)cc2C(=O)c2cccc(Cl)c2)cc1.COc1ccc(S(=O)(=O)Nc2ccc(Cl)cc2C(=O)c2ccccc2)cc1. The third-order valence-corrected chi connectivity index (χ3v) is 17.3. The molecule has 0 atom stereocenters. The van der Waals surface area contributed by atoms with E-state index >= 15 is 0 Å². The zero-order chi connectivity index (χ0) is 60.1. The Hall–Kier alpha value is -7.71. The van der Waals surface area contributed by atoms with E-state index in [2.05, 4.69) is 14.2 Å². The third kappa shape index (κ3) is 16.7. The number of carbonyl (C=O) groups excluding carboxylic acids is 3. The first-order valence-corrected chi connectivity index (χ1v) is 30.9. The Balaban J connectivity index is 0.000000179. The van der Waals surface area contributed by atoms with Crippen molar-refractivity contribution in [2.24, 2.45) is 0 Å². The van der Waals surface area contributed by atoms with Crippen LogP contribution in [-0.4, -0.2) is 56.8 Å².